The molecule has 1 aliphatic rings. The van der Waals surface area contributed by atoms with Crippen molar-refractivity contribution in [1.82, 2.24) is 25.5 Å². The first kappa shape index (κ1) is 34.2. The summed E-state index contributed by atoms with van der Waals surface area (Å²) < 4.78 is 14.6. The molecule has 5 rings (SSSR count). The number of hydrogen-bond acceptors (Lipinski definition) is 9. The van der Waals surface area contributed by atoms with Crippen molar-refractivity contribution in [3.8, 4) is 11.1 Å². The SMILES string of the molecule is Cn1nnnc1SC[C@@H]1C[C@H](c2ccc(CO)cc2)O[C@H](c2ccc(-c3ccccc3CNC(=O)CCCCCCC(=O)O)cc2)O1. The zero-order valence-electron chi connectivity index (χ0n) is 26.5. The number of thioether (sulfide) groups is 1. The summed E-state index contributed by atoms with van der Waals surface area (Å²) in [4.78, 5) is 23.1. The summed E-state index contributed by atoms with van der Waals surface area (Å²) in [6.07, 6.45) is 3.40. The molecule has 248 valence electrons. The fraction of sp³-hybridized carbons (Fsp3) is 0.400. The average molecular weight is 660 g/mol. The Balaban J connectivity index is 1.23. The summed E-state index contributed by atoms with van der Waals surface area (Å²) in [5, 5.41) is 33.7. The molecule has 3 N–H and O–H groups in total. The van der Waals surface area contributed by atoms with Crippen LogP contribution in [-0.2, 0) is 39.3 Å². The lowest BCUT2D eigenvalue weighted by Crippen LogP contribution is -2.31. The van der Waals surface area contributed by atoms with Crippen molar-refractivity contribution in [3.63, 3.8) is 0 Å². The lowest BCUT2D eigenvalue weighted by molar-refractivity contribution is -0.245. The second kappa shape index (κ2) is 17.2. The molecule has 4 aromatic rings. The van der Waals surface area contributed by atoms with Gasteiger partial charge in [0.2, 0.25) is 11.1 Å². The lowest BCUT2D eigenvalue weighted by atomic mass is 9.97. The zero-order valence-corrected chi connectivity index (χ0v) is 27.3. The molecule has 12 heteroatoms. The van der Waals surface area contributed by atoms with Gasteiger partial charge in [-0.3, -0.25) is 9.59 Å². The topological polar surface area (TPSA) is 149 Å². The Morgan fingerprint density at radius 1 is 0.936 bits per heavy atom. The molecule has 0 unspecified atom stereocenters. The number of carbonyl (C=O) groups excluding carboxylic acids is 1. The van der Waals surface area contributed by atoms with Crippen molar-refractivity contribution < 1.29 is 29.3 Å². The number of aromatic nitrogens is 4. The standard InChI is InChI=1S/C35H41N5O6S/c1-40-35(37-38-39-40)47-23-29-20-31(26-14-12-24(22-41)13-15-26)46-34(45-29)27-18-16-25(17-19-27)30-9-7-6-8-28(30)21-36-32(42)10-4-2-3-5-11-33(43)44/h6-9,12-19,29,31,34,41H,2-5,10-11,20-23H2,1H3,(H,36,42)(H,43,44)/t29-,31+,34+/m0/s1. The van der Waals surface area contributed by atoms with E-state index in [1.165, 1.54) is 0 Å². The van der Waals surface area contributed by atoms with Crippen LogP contribution < -0.4 is 5.32 Å². The highest BCUT2D eigenvalue weighted by atomic mass is 32.2. The first-order valence-electron chi connectivity index (χ1n) is 15.9. The number of benzene rings is 3. The van der Waals surface area contributed by atoms with Gasteiger partial charge in [0, 0.05) is 44.2 Å². The Kier molecular flexibility index (Phi) is 12.5. The Morgan fingerprint density at radius 3 is 2.36 bits per heavy atom. The number of aryl methyl sites for hydroxylation is 1. The van der Waals surface area contributed by atoms with Gasteiger partial charge < -0.3 is 25.0 Å². The van der Waals surface area contributed by atoms with E-state index in [9.17, 15) is 14.7 Å². The average Bonchev–Trinajstić information content (AvgIpc) is 3.52. The van der Waals surface area contributed by atoms with E-state index in [1.807, 2.05) is 67.7 Å². The largest absolute Gasteiger partial charge is 0.481 e. The van der Waals surface area contributed by atoms with E-state index < -0.39 is 12.3 Å². The van der Waals surface area contributed by atoms with Gasteiger partial charge >= 0.3 is 5.97 Å². The fourth-order valence-corrected chi connectivity index (χ4v) is 6.37. The van der Waals surface area contributed by atoms with E-state index in [0.29, 0.717) is 36.7 Å². The predicted molar refractivity (Wildman–Crippen MR) is 177 cm³/mol. The zero-order chi connectivity index (χ0) is 33.0. The van der Waals surface area contributed by atoms with Gasteiger partial charge in [0.05, 0.1) is 18.8 Å². The van der Waals surface area contributed by atoms with Crippen LogP contribution in [0.15, 0.2) is 78.0 Å². The number of carboxylic acid groups (broad SMARTS) is 1. The smallest absolute Gasteiger partial charge is 0.303 e. The molecule has 0 bridgehead atoms. The Bertz CT molecular complexity index is 1600. The van der Waals surface area contributed by atoms with Crippen molar-refractivity contribution in [3.05, 3.63) is 95.1 Å². The van der Waals surface area contributed by atoms with E-state index in [4.69, 9.17) is 14.6 Å². The molecule has 0 radical (unpaired) electrons. The third-order valence-corrected chi connectivity index (χ3v) is 9.27. The van der Waals surface area contributed by atoms with Gasteiger partial charge in [0.1, 0.15) is 0 Å². The number of carbonyl (C=O) groups is 2. The van der Waals surface area contributed by atoms with Crippen LogP contribution in [0.25, 0.3) is 11.1 Å². The van der Waals surface area contributed by atoms with E-state index in [2.05, 4.69) is 33.0 Å². The number of aliphatic carboxylic acids is 1. The molecular formula is C35H41N5O6S. The van der Waals surface area contributed by atoms with E-state index in [1.54, 1.807) is 16.4 Å². The second-order valence-electron chi connectivity index (χ2n) is 11.6. The Hall–Kier alpha value is -4.10. The third kappa shape index (κ3) is 9.94. The highest BCUT2D eigenvalue weighted by Crippen LogP contribution is 2.39. The number of tetrazole rings is 1. The molecule has 0 saturated carbocycles. The highest BCUT2D eigenvalue weighted by Gasteiger charge is 2.32. The molecular weight excluding hydrogens is 618 g/mol. The molecule has 0 spiro atoms. The van der Waals surface area contributed by atoms with Crippen LogP contribution in [0, 0.1) is 0 Å². The number of unbranched alkanes of at least 4 members (excludes halogenated alkanes) is 3. The number of carboxylic acids is 1. The number of hydrogen-bond donors (Lipinski definition) is 3. The second-order valence-corrected chi connectivity index (χ2v) is 12.6. The summed E-state index contributed by atoms with van der Waals surface area (Å²) in [6.45, 7) is 0.406. The van der Waals surface area contributed by atoms with Crippen molar-refractivity contribution >= 4 is 23.6 Å². The van der Waals surface area contributed by atoms with Crippen LogP contribution in [-0.4, -0.2) is 54.2 Å². The third-order valence-electron chi connectivity index (χ3n) is 8.13. The molecule has 0 aliphatic carbocycles. The highest BCUT2D eigenvalue weighted by molar-refractivity contribution is 7.99. The molecule has 1 aliphatic heterocycles. The summed E-state index contributed by atoms with van der Waals surface area (Å²) in [5.74, 6) is -0.136. The summed E-state index contributed by atoms with van der Waals surface area (Å²) >= 11 is 1.54. The molecule has 1 saturated heterocycles. The van der Waals surface area contributed by atoms with Gasteiger partial charge in [-0.1, -0.05) is 97.4 Å². The lowest BCUT2D eigenvalue weighted by Gasteiger charge is -2.36. The molecule has 2 heterocycles. The molecule has 1 amide bonds. The Morgan fingerprint density at radius 2 is 1.66 bits per heavy atom. The molecule has 1 aromatic heterocycles. The van der Waals surface area contributed by atoms with Crippen LogP contribution in [0.2, 0.25) is 0 Å². The monoisotopic (exact) mass is 659 g/mol. The van der Waals surface area contributed by atoms with E-state index >= 15 is 0 Å². The number of nitrogens with one attached hydrogen (secondary N) is 1. The molecule has 11 nitrogen and oxygen atoms in total. The summed E-state index contributed by atoms with van der Waals surface area (Å²) in [5.41, 5.74) is 5.84. The van der Waals surface area contributed by atoms with Gasteiger partial charge in [-0.05, 0) is 51.1 Å². The van der Waals surface area contributed by atoms with Crippen LogP contribution >= 0.6 is 11.8 Å². The van der Waals surface area contributed by atoms with Crippen LogP contribution in [0.3, 0.4) is 0 Å². The molecule has 1 fully saturated rings. The number of ether oxygens (including phenoxy) is 2. The van der Waals surface area contributed by atoms with Crippen LogP contribution in [0.1, 0.15) is 79.6 Å². The normalized spacial score (nSPS) is 17.8. The minimum Gasteiger partial charge on any atom is -0.481 e. The van der Waals surface area contributed by atoms with Crippen molar-refractivity contribution in [1.29, 1.82) is 0 Å². The van der Waals surface area contributed by atoms with Crippen molar-refractivity contribution in [2.75, 3.05) is 5.75 Å². The first-order valence-corrected chi connectivity index (χ1v) is 16.9. The van der Waals surface area contributed by atoms with Gasteiger partial charge in [-0.15, -0.1) is 5.10 Å². The molecule has 3 aromatic carbocycles. The summed E-state index contributed by atoms with van der Waals surface area (Å²) in [6, 6.07) is 24.0. The summed E-state index contributed by atoms with van der Waals surface area (Å²) in [7, 11) is 1.81. The number of aliphatic hydroxyl groups excluding tert-OH is 1. The van der Waals surface area contributed by atoms with E-state index in [-0.39, 0.29) is 31.1 Å². The molecule has 47 heavy (non-hydrogen) atoms. The Labute approximate surface area is 278 Å². The van der Waals surface area contributed by atoms with E-state index in [0.717, 1.165) is 52.6 Å². The van der Waals surface area contributed by atoms with Crippen LogP contribution in [0.5, 0.6) is 0 Å². The number of nitrogens with zero attached hydrogens (tertiary/aromatic N) is 4. The minimum atomic E-state index is -0.779. The van der Waals surface area contributed by atoms with Crippen molar-refractivity contribution in [2.24, 2.45) is 7.05 Å². The number of rotatable bonds is 16. The van der Waals surface area contributed by atoms with Gasteiger partial charge in [0.15, 0.2) is 6.29 Å². The maximum absolute atomic E-state index is 12.5. The maximum atomic E-state index is 12.5. The predicted octanol–water partition coefficient (Wildman–Crippen LogP) is 5.75. The quantitative estimate of drug-likeness (QED) is 0.100. The van der Waals surface area contributed by atoms with Gasteiger partial charge in [0.25, 0.3) is 0 Å². The van der Waals surface area contributed by atoms with Crippen LogP contribution in [0.4, 0.5) is 0 Å². The maximum Gasteiger partial charge on any atom is 0.303 e. The fourth-order valence-electron chi connectivity index (χ4n) is 5.51. The first-order chi connectivity index (χ1) is 22.9. The van der Waals surface area contributed by atoms with Gasteiger partial charge in [-0.25, -0.2) is 4.68 Å². The number of amides is 1. The molecule has 3 atom stereocenters. The van der Waals surface area contributed by atoms with Crippen molar-refractivity contribution in [2.45, 2.75) is 81.8 Å². The minimum absolute atomic E-state index is 0.0105. The van der Waals surface area contributed by atoms with Gasteiger partial charge in [-0.2, -0.15) is 0 Å². The number of aliphatic hydroxyl groups is 1.